The van der Waals surface area contributed by atoms with Gasteiger partial charge in [-0.2, -0.15) is 5.26 Å². The number of hydrogen-bond donors (Lipinski definition) is 1. The molecule has 0 aromatic heterocycles. The molecule has 0 spiro atoms. The Hall–Kier alpha value is -4.28. The highest BCUT2D eigenvalue weighted by Crippen LogP contribution is 2.44. The van der Waals surface area contributed by atoms with Crippen molar-refractivity contribution in [1.29, 1.82) is 5.26 Å². The average Bonchev–Trinajstić information content (AvgIpc) is 3.14. The third-order valence-electron chi connectivity index (χ3n) is 5.62. The SMILES string of the molecule is CCOc1cc(C2/C(=C(/O)c3cccc(Cl)c3)C(=O)C(=O)N2c2ccc(C#N)cc2)ccc1OC. The number of hydrogen-bond acceptors (Lipinski definition) is 6. The van der Waals surface area contributed by atoms with Crippen LogP contribution in [0, 0.1) is 11.3 Å². The van der Waals surface area contributed by atoms with Gasteiger partial charge in [-0.3, -0.25) is 14.5 Å². The van der Waals surface area contributed by atoms with Gasteiger partial charge in [-0.1, -0.05) is 29.8 Å². The Balaban J connectivity index is 1.96. The van der Waals surface area contributed by atoms with Gasteiger partial charge in [0, 0.05) is 16.3 Å². The summed E-state index contributed by atoms with van der Waals surface area (Å²) in [7, 11) is 1.51. The number of aliphatic hydroxyl groups excluding tert-OH is 1. The van der Waals surface area contributed by atoms with Crippen LogP contribution < -0.4 is 14.4 Å². The number of methoxy groups -OCH3 is 1. The zero-order valence-electron chi connectivity index (χ0n) is 19.0. The lowest BCUT2D eigenvalue weighted by molar-refractivity contribution is -0.132. The van der Waals surface area contributed by atoms with E-state index in [0.717, 1.165) is 0 Å². The molecule has 3 aromatic carbocycles. The number of aliphatic hydroxyl groups is 1. The first-order chi connectivity index (χ1) is 16.9. The zero-order valence-corrected chi connectivity index (χ0v) is 19.7. The third-order valence-corrected chi connectivity index (χ3v) is 5.86. The first-order valence-electron chi connectivity index (χ1n) is 10.8. The molecule has 1 fully saturated rings. The standard InChI is InChI=1S/C27H21ClN2O5/c1-3-35-22-14-17(9-12-21(22)34-2)24-23(25(31)18-5-4-6-19(28)13-18)26(32)27(33)30(24)20-10-7-16(15-29)8-11-20/h4-14,24,31H,3H2,1-2H3/b25-23-. The molecule has 176 valence electrons. The van der Waals surface area contributed by atoms with Gasteiger partial charge >= 0.3 is 0 Å². The van der Waals surface area contributed by atoms with Gasteiger partial charge < -0.3 is 14.6 Å². The Morgan fingerprint density at radius 3 is 2.46 bits per heavy atom. The first kappa shape index (κ1) is 23.9. The molecule has 3 aromatic rings. The van der Waals surface area contributed by atoms with E-state index in [1.165, 1.54) is 18.1 Å². The molecule has 8 heteroatoms. The van der Waals surface area contributed by atoms with Gasteiger partial charge in [-0.25, -0.2) is 0 Å². The quantitative estimate of drug-likeness (QED) is 0.289. The van der Waals surface area contributed by atoms with Gasteiger partial charge in [0.15, 0.2) is 11.5 Å². The first-order valence-corrected chi connectivity index (χ1v) is 11.1. The monoisotopic (exact) mass is 488 g/mol. The number of ether oxygens (including phenoxy) is 2. The summed E-state index contributed by atoms with van der Waals surface area (Å²) in [5, 5.41) is 20.7. The van der Waals surface area contributed by atoms with Crippen molar-refractivity contribution in [3.63, 3.8) is 0 Å². The van der Waals surface area contributed by atoms with Crippen molar-refractivity contribution in [3.8, 4) is 17.6 Å². The fraction of sp³-hybridized carbons (Fsp3) is 0.148. The number of anilines is 1. The predicted octanol–water partition coefficient (Wildman–Crippen LogP) is 5.25. The lowest BCUT2D eigenvalue weighted by Gasteiger charge is -2.26. The summed E-state index contributed by atoms with van der Waals surface area (Å²) in [6, 6.07) is 18.8. The van der Waals surface area contributed by atoms with Crippen LogP contribution in [0.1, 0.15) is 29.7 Å². The predicted molar refractivity (Wildman–Crippen MR) is 132 cm³/mol. The summed E-state index contributed by atoms with van der Waals surface area (Å²) in [6.07, 6.45) is 0. The number of ketones is 1. The maximum absolute atomic E-state index is 13.3. The van der Waals surface area contributed by atoms with Gasteiger partial charge in [-0.05, 0) is 61.0 Å². The van der Waals surface area contributed by atoms with Crippen molar-refractivity contribution in [3.05, 3.63) is 94.0 Å². The molecule has 0 saturated carbocycles. The van der Waals surface area contributed by atoms with E-state index in [-0.39, 0.29) is 11.3 Å². The smallest absolute Gasteiger partial charge is 0.300 e. The normalized spacial score (nSPS) is 16.7. The number of benzene rings is 3. The third kappa shape index (κ3) is 4.44. The molecule has 1 atom stereocenters. The summed E-state index contributed by atoms with van der Waals surface area (Å²) < 4.78 is 11.1. The molecule has 35 heavy (non-hydrogen) atoms. The van der Waals surface area contributed by atoms with E-state index in [0.29, 0.717) is 45.5 Å². The molecular weight excluding hydrogens is 468 g/mol. The number of nitrogens with zero attached hydrogens (tertiary/aromatic N) is 2. The molecule has 0 aliphatic carbocycles. The molecule has 0 bridgehead atoms. The highest BCUT2D eigenvalue weighted by Gasteiger charge is 2.47. The van der Waals surface area contributed by atoms with Crippen molar-refractivity contribution >= 4 is 34.7 Å². The van der Waals surface area contributed by atoms with Gasteiger partial charge in [-0.15, -0.1) is 0 Å². The van der Waals surface area contributed by atoms with Gasteiger partial charge in [0.25, 0.3) is 11.7 Å². The van der Waals surface area contributed by atoms with Crippen molar-refractivity contribution in [2.24, 2.45) is 0 Å². The minimum absolute atomic E-state index is 0.0887. The minimum atomic E-state index is -0.966. The van der Waals surface area contributed by atoms with Crippen molar-refractivity contribution in [1.82, 2.24) is 0 Å². The van der Waals surface area contributed by atoms with Crippen LogP contribution in [0.4, 0.5) is 5.69 Å². The highest BCUT2D eigenvalue weighted by atomic mass is 35.5. The van der Waals surface area contributed by atoms with Gasteiger partial charge in [0.1, 0.15) is 5.76 Å². The van der Waals surface area contributed by atoms with E-state index in [1.807, 2.05) is 13.0 Å². The van der Waals surface area contributed by atoms with Gasteiger partial charge in [0.05, 0.1) is 37.0 Å². The second-order valence-electron chi connectivity index (χ2n) is 7.68. The molecule has 1 unspecified atom stereocenters. The Bertz CT molecular complexity index is 1380. The van der Waals surface area contributed by atoms with Crippen LogP contribution in [0.5, 0.6) is 11.5 Å². The number of nitriles is 1. The van der Waals surface area contributed by atoms with Crippen molar-refractivity contribution in [2.45, 2.75) is 13.0 Å². The second kappa shape index (κ2) is 9.92. The Morgan fingerprint density at radius 2 is 1.83 bits per heavy atom. The van der Waals surface area contributed by atoms with E-state index < -0.39 is 17.7 Å². The number of carbonyl (C=O) groups excluding carboxylic acids is 2. The summed E-state index contributed by atoms with van der Waals surface area (Å²) >= 11 is 6.10. The van der Waals surface area contributed by atoms with E-state index in [1.54, 1.807) is 60.7 Å². The fourth-order valence-corrected chi connectivity index (χ4v) is 4.22. The van der Waals surface area contributed by atoms with E-state index >= 15 is 0 Å². The molecule has 1 aliphatic rings. The second-order valence-corrected chi connectivity index (χ2v) is 8.12. The molecule has 0 radical (unpaired) electrons. The molecule has 1 heterocycles. The lowest BCUT2D eigenvalue weighted by Crippen LogP contribution is -2.29. The molecular formula is C27H21ClN2O5. The molecule has 7 nitrogen and oxygen atoms in total. The Morgan fingerprint density at radius 1 is 1.09 bits per heavy atom. The highest BCUT2D eigenvalue weighted by molar-refractivity contribution is 6.51. The molecule has 4 rings (SSSR count). The van der Waals surface area contributed by atoms with Crippen molar-refractivity contribution in [2.75, 3.05) is 18.6 Å². The van der Waals surface area contributed by atoms with Crippen LogP contribution in [0.25, 0.3) is 5.76 Å². The summed E-state index contributed by atoms with van der Waals surface area (Å²) in [6.45, 7) is 2.20. The zero-order chi connectivity index (χ0) is 25.1. The minimum Gasteiger partial charge on any atom is -0.507 e. The summed E-state index contributed by atoms with van der Waals surface area (Å²) in [5.74, 6) is -1.08. The number of rotatable bonds is 6. The molecule has 1 aliphatic heterocycles. The maximum Gasteiger partial charge on any atom is 0.300 e. The van der Waals surface area contributed by atoms with Crippen molar-refractivity contribution < 1.29 is 24.2 Å². The maximum atomic E-state index is 13.3. The van der Waals surface area contributed by atoms with Crippen LogP contribution >= 0.6 is 11.6 Å². The summed E-state index contributed by atoms with van der Waals surface area (Å²) in [5.41, 5.74) is 1.55. The van der Waals surface area contributed by atoms with Crippen LogP contribution in [-0.4, -0.2) is 30.5 Å². The van der Waals surface area contributed by atoms with Gasteiger partial charge in [0.2, 0.25) is 0 Å². The topological polar surface area (TPSA) is 99.9 Å². The lowest BCUT2D eigenvalue weighted by atomic mass is 9.94. The Labute approximate surface area is 207 Å². The largest absolute Gasteiger partial charge is 0.507 e. The number of amides is 1. The number of carbonyl (C=O) groups is 2. The summed E-state index contributed by atoms with van der Waals surface area (Å²) in [4.78, 5) is 27.9. The molecule has 1 amide bonds. The fourth-order valence-electron chi connectivity index (χ4n) is 4.03. The van der Waals surface area contributed by atoms with E-state index in [4.69, 9.17) is 26.3 Å². The molecule has 1 saturated heterocycles. The molecule has 1 N–H and O–H groups in total. The number of Topliss-reactive ketones (excluding diaryl/α,β-unsaturated/α-hetero) is 1. The van der Waals surface area contributed by atoms with E-state index in [9.17, 15) is 14.7 Å². The van der Waals surface area contributed by atoms with E-state index in [2.05, 4.69) is 0 Å². The Kier molecular flexibility index (Phi) is 6.76. The van der Waals surface area contributed by atoms with Crippen LogP contribution in [0.15, 0.2) is 72.3 Å². The van der Waals surface area contributed by atoms with Crippen LogP contribution in [0.3, 0.4) is 0 Å². The average molecular weight is 489 g/mol. The van der Waals surface area contributed by atoms with Crippen LogP contribution in [0.2, 0.25) is 5.02 Å². The number of halogens is 1. The van der Waals surface area contributed by atoms with Crippen LogP contribution in [-0.2, 0) is 9.59 Å².